The Kier molecular flexibility index (Phi) is 6.88. The van der Waals surface area contributed by atoms with E-state index < -0.39 is 0 Å². The number of halogens is 1. The van der Waals surface area contributed by atoms with E-state index in [9.17, 15) is 0 Å². The summed E-state index contributed by atoms with van der Waals surface area (Å²) in [6.07, 6.45) is 3.96. The SMILES string of the molecule is CCOc1cccnc1N(CCCl)C(CC)CC. The second-order valence-corrected chi connectivity index (χ2v) is 4.49. The molecule has 3 nitrogen and oxygen atoms in total. The van der Waals surface area contributed by atoms with Gasteiger partial charge in [-0.2, -0.15) is 0 Å². The largest absolute Gasteiger partial charge is 0.490 e. The van der Waals surface area contributed by atoms with Crippen molar-refractivity contribution in [3.8, 4) is 5.75 Å². The molecule has 0 fully saturated rings. The van der Waals surface area contributed by atoms with Crippen LogP contribution in [0, 0.1) is 0 Å². The Morgan fingerprint density at radius 1 is 1.33 bits per heavy atom. The normalized spacial score (nSPS) is 10.7. The summed E-state index contributed by atoms with van der Waals surface area (Å²) in [5, 5.41) is 0. The lowest BCUT2D eigenvalue weighted by Gasteiger charge is -2.32. The highest BCUT2D eigenvalue weighted by atomic mass is 35.5. The van der Waals surface area contributed by atoms with Gasteiger partial charge < -0.3 is 9.64 Å². The van der Waals surface area contributed by atoms with E-state index in [0.29, 0.717) is 18.5 Å². The topological polar surface area (TPSA) is 25.4 Å². The number of hydrogen-bond acceptors (Lipinski definition) is 3. The fraction of sp³-hybridized carbons (Fsp3) is 0.643. The highest BCUT2D eigenvalue weighted by molar-refractivity contribution is 6.18. The molecule has 0 spiro atoms. The second-order valence-electron chi connectivity index (χ2n) is 4.11. The van der Waals surface area contributed by atoms with Gasteiger partial charge in [0.25, 0.3) is 0 Å². The van der Waals surface area contributed by atoms with Gasteiger partial charge in [0.05, 0.1) is 6.61 Å². The third-order valence-electron chi connectivity index (χ3n) is 3.03. The van der Waals surface area contributed by atoms with E-state index in [4.69, 9.17) is 16.3 Å². The number of hydrogen-bond donors (Lipinski definition) is 0. The molecule has 1 aromatic heterocycles. The van der Waals surface area contributed by atoms with Crippen LogP contribution in [0.2, 0.25) is 0 Å². The van der Waals surface area contributed by atoms with Gasteiger partial charge >= 0.3 is 0 Å². The summed E-state index contributed by atoms with van der Waals surface area (Å²) < 4.78 is 5.66. The Balaban J connectivity index is 3.03. The van der Waals surface area contributed by atoms with Crippen molar-refractivity contribution in [1.29, 1.82) is 0 Å². The lowest BCUT2D eigenvalue weighted by Crippen LogP contribution is -2.37. The van der Waals surface area contributed by atoms with E-state index in [-0.39, 0.29) is 0 Å². The number of ether oxygens (including phenoxy) is 1. The van der Waals surface area contributed by atoms with Gasteiger partial charge in [-0.25, -0.2) is 4.98 Å². The Bertz CT molecular complexity index is 342. The van der Waals surface area contributed by atoms with Crippen LogP contribution in [0.4, 0.5) is 5.82 Å². The van der Waals surface area contributed by atoms with Crippen LogP contribution >= 0.6 is 11.6 Å². The minimum absolute atomic E-state index is 0.456. The molecule has 4 heteroatoms. The van der Waals surface area contributed by atoms with Crippen molar-refractivity contribution in [1.82, 2.24) is 4.98 Å². The molecule has 0 aliphatic rings. The van der Waals surface area contributed by atoms with Crippen molar-refractivity contribution < 1.29 is 4.74 Å². The summed E-state index contributed by atoms with van der Waals surface area (Å²) in [4.78, 5) is 6.74. The summed E-state index contributed by atoms with van der Waals surface area (Å²) in [5.74, 6) is 2.35. The van der Waals surface area contributed by atoms with Gasteiger partial charge in [-0.3, -0.25) is 0 Å². The molecule has 0 saturated carbocycles. The van der Waals surface area contributed by atoms with Crippen LogP contribution in [-0.4, -0.2) is 30.1 Å². The standard InChI is InChI=1S/C14H23ClN2O/c1-4-12(5-2)17(11-9-15)14-13(18-6-3)8-7-10-16-14/h7-8,10,12H,4-6,9,11H2,1-3H3. The third kappa shape index (κ3) is 3.77. The highest BCUT2D eigenvalue weighted by Gasteiger charge is 2.19. The zero-order chi connectivity index (χ0) is 13.4. The molecule has 1 heterocycles. The van der Waals surface area contributed by atoms with Crippen molar-refractivity contribution in [2.24, 2.45) is 0 Å². The van der Waals surface area contributed by atoms with Crippen LogP contribution in [0.5, 0.6) is 5.75 Å². The molecule has 102 valence electrons. The van der Waals surface area contributed by atoms with Crippen molar-refractivity contribution >= 4 is 17.4 Å². The average molecular weight is 271 g/mol. The summed E-state index contributed by atoms with van der Waals surface area (Å²) in [6, 6.07) is 4.33. The predicted molar refractivity (Wildman–Crippen MR) is 77.8 cm³/mol. The van der Waals surface area contributed by atoms with Crippen LogP contribution < -0.4 is 9.64 Å². The van der Waals surface area contributed by atoms with E-state index in [1.165, 1.54) is 0 Å². The molecular formula is C14H23ClN2O. The lowest BCUT2D eigenvalue weighted by atomic mass is 10.1. The Morgan fingerprint density at radius 2 is 2.06 bits per heavy atom. The maximum absolute atomic E-state index is 5.92. The van der Waals surface area contributed by atoms with E-state index >= 15 is 0 Å². The number of aromatic nitrogens is 1. The molecule has 0 aliphatic carbocycles. The second kappa shape index (κ2) is 8.20. The lowest BCUT2D eigenvalue weighted by molar-refractivity contribution is 0.337. The Morgan fingerprint density at radius 3 is 2.61 bits per heavy atom. The van der Waals surface area contributed by atoms with Crippen molar-refractivity contribution in [2.75, 3.05) is 23.9 Å². The summed E-state index contributed by atoms with van der Waals surface area (Å²) in [6.45, 7) is 7.82. The van der Waals surface area contributed by atoms with Crippen LogP contribution in [0.3, 0.4) is 0 Å². The fourth-order valence-electron chi connectivity index (χ4n) is 2.15. The molecule has 18 heavy (non-hydrogen) atoms. The minimum atomic E-state index is 0.456. The fourth-order valence-corrected chi connectivity index (χ4v) is 2.33. The zero-order valence-corrected chi connectivity index (χ0v) is 12.3. The number of alkyl halides is 1. The van der Waals surface area contributed by atoms with Gasteiger partial charge in [0.2, 0.25) is 0 Å². The van der Waals surface area contributed by atoms with E-state index in [1.807, 2.05) is 25.3 Å². The molecule has 0 aliphatic heterocycles. The molecule has 1 aromatic rings. The van der Waals surface area contributed by atoms with Gasteiger partial charge in [0.1, 0.15) is 0 Å². The summed E-state index contributed by atoms with van der Waals surface area (Å²) in [5.41, 5.74) is 0. The van der Waals surface area contributed by atoms with Crippen LogP contribution in [0.25, 0.3) is 0 Å². The van der Waals surface area contributed by atoms with E-state index in [0.717, 1.165) is 31.0 Å². The monoisotopic (exact) mass is 270 g/mol. The maximum atomic E-state index is 5.92. The molecule has 1 rings (SSSR count). The average Bonchev–Trinajstić information content (AvgIpc) is 2.40. The van der Waals surface area contributed by atoms with E-state index in [1.54, 1.807) is 0 Å². The molecule has 0 saturated heterocycles. The first-order valence-electron chi connectivity index (χ1n) is 6.68. The predicted octanol–water partition coefficient (Wildman–Crippen LogP) is 3.71. The van der Waals surface area contributed by atoms with Crippen LogP contribution in [-0.2, 0) is 0 Å². The van der Waals surface area contributed by atoms with Gasteiger partial charge in [-0.05, 0) is 31.9 Å². The van der Waals surface area contributed by atoms with Crippen molar-refractivity contribution in [3.05, 3.63) is 18.3 Å². The third-order valence-corrected chi connectivity index (χ3v) is 3.20. The first kappa shape index (κ1) is 15.1. The van der Waals surface area contributed by atoms with Crippen LogP contribution in [0.1, 0.15) is 33.6 Å². The maximum Gasteiger partial charge on any atom is 0.171 e. The number of rotatable bonds is 8. The summed E-state index contributed by atoms with van der Waals surface area (Å²) in [7, 11) is 0. The molecule has 0 atom stereocenters. The number of anilines is 1. The molecule has 0 amide bonds. The molecular weight excluding hydrogens is 248 g/mol. The van der Waals surface area contributed by atoms with E-state index in [2.05, 4.69) is 23.7 Å². The van der Waals surface area contributed by atoms with Gasteiger partial charge in [0, 0.05) is 24.7 Å². The highest BCUT2D eigenvalue weighted by Crippen LogP contribution is 2.28. The minimum Gasteiger partial charge on any atom is -0.490 e. The quantitative estimate of drug-likeness (QED) is 0.674. The molecule has 0 bridgehead atoms. The molecule has 0 radical (unpaired) electrons. The zero-order valence-electron chi connectivity index (χ0n) is 11.5. The Hall–Kier alpha value is -0.960. The molecule has 0 N–H and O–H groups in total. The van der Waals surface area contributed by atoms with Crippen molar-refractivity contribution in [2.45, 2.75) is 39.7 Å². The first-order chi connectivity index (χ1) is 8.78. The van der Waals surface area contributed by atoms with Gasteiger partial charge in [-0.1, -0.05) is 13.8 Å². The summed E-state index contributed by atoms with van der Waals surface area (Å²) >= 11 is 5.92. The molecule has 0 unspecified atom stereocenters. The first-order valence-corrected chi connectivity index (χ1v) is 7.22. The van der Waals surface area contributed by atoms with Gasteiger partial charge in [0.15, 0.2) is 11.6 Å². The van der Waals surface area contributed by atoms with Crippen LogP contribution in [0.15, 0.2) is 18.3 Å². The van der Waals surface area contributed by atoms with Crippen molar-refractivity contribution in [3.63, 3.8) is 0 Å². The van der Waals surface area contributed by atoms with Gasteiger partial charge in [-0.15, -0.1) is 11.6 Å². The number of nitrogens with zero attached hydrogens (tertiary/aromatic N) is 2. The Labute approximate surface area is 115 Å². The smallest absolute Gasteiger partial charge is 0.171 e. The molecule has 0 aromatic carbocycles. The number of pyridine rings is 1.